The zero-order valence-electron chi connectivity index (χ0n) is 12.0. The fraction of sp³-hybridized carbons (Fsp3) is 0.278. The van der Waals surface area contributed by atoms with Gasteiger partial charge in [0.15, 0.2) is 0 Å². The Bertz CT molecular complexity index is 669. The van der Waals surface area contributed by atoms with E-state index in [0.29, 0.717) is 5.84 Å². The Hall–Kier alpha value is -2.29. The molecular formula is C18H19N3. The minimum absolute atomic E-state index is 0.611. The number of hydrogen-bond donors (Lipinski definition) is 1. The number of rotatable bonds is 2. The maximum Gasteiger partial charge on any atom is 0.133 e. The van der Waals surface area contributed by atoms with E-state index in [1.165, 1.54) is 37.2 Å². The van der Waals surface area contributed by atoms with Crippen molar-refractivity contribution in [2.24, 2.45) is 0 Å². The molecule has 2 aromatic rings. The molecule has 0 amide bonds. The molecule has 0 radical (unpaired) electrons. The highest BCUT2D eigenvalue weighted by Gasteiger charge is 2.24. The molecule has 1 N–H and O–H groups in total. The van der Waals surface area contributed by atoms with Crippen LogP contribution in [0.15, 0.2) is 48.5 Å². The molecule has 1 fully saturated rings. The second-order valence-corrected chi connectivity index (χ2v) is 5.80. The Morgan fingerprint density at radius 1 is 0.810 bits per heavy atom. The van der Waals surface area contributed by atoms with Gasteiger partial charge in [-0.1, -0.05) is 24.3 Å². The van der Waals surface area contributed by atoms with Crippen molar-refractivity contribution in [2.75, 3.05) is 22.9 Å². The largest absolute Gasteiger partial charge is 0.372 e. The number of nitrogens with one attached hydrogen (secondary N) is 1. The lowest BCUT2D eigenvalue weighted by molar-refractivity contribution is 0.949. The maximum absolute atomic E-state index is 8.36. The minimum Gasteiger partial charge on any atom is -0.372 e. The van der Waals surface area contributed by atoms with Crippen molar-refractivity contribution in [3.05, 3.63) is 59.7 Å². The van der Waals surface area contributed by atoms with E-state index >= 15 is 0 Å². The Labute approximate surface area is 125 Å². The van der Waals surface area contributed by atoms with Crippen LogP contribution < -0.4 is 9.80 Å². The van der Waals surface area contributed by atoms with Gasteiger partial charge in [-0.2, -0.15) is 0 Å². The fourth-order valence-electron chi connectivity index (χ4n) is 3.32. The quantitative estimate of drug-likeness (QED) is 0.908. The lowest BCUT2D eigenvalue weighted by Crippen LogP contribution is -2.23. The molecule has 0 atom stereocenters. The first-order chi connectivity index (χ1) is 10.3. The molecular weight excluding hydrogens is 258 g/mol. The third-order valence-electron chi connectivity index (χ3n) is 4.50. The van der Waals surface area contributed by atoms with Gasteiger partial charge >= 0.3 is 0 Å². The van der Waals surface area contributed by atoms with E-state index in [4.69, 9.17) is 5.41 Å². The SMILES string of the molecule is N=C1c2ccccc2CN1c1ccc(N2CCCC2)cc1. The summed E-state index contributed by atoms with van der Waals surface area (Å²) in [6.45, 7) is 3.15. The van der Waals surface area contributed by atoms with Gasteiger partial charge in [-0.25, -0.2) is 0 Å². The topological polar surface area (TPSA) is 30.3 Å². The number of fused-ring (bicyclic) bond motifs is 1. The zero-order valence-corrected chi connectivity index (χ0v) is 12.0. The monoisotopic (exact) mass is 277 g/mol. The van der Waals surface area contributed by atoms with E-state index < -0.39 is 0 Å². The molecule has 106 valence electrons. The average molecular weight is 277 g/mol. The predicted molar refractivity (Wildman–Crippen MR) is 87.3 cm³/mol. The van der Waals surface area contributed by atoms with E-state index in [1.54, 1.807) is 0 Å². The van der Waals surface area contributed by atoms with Crippen LogP contribution in [0.25, 0.3) is 0 Å². The van der Waals surface area contributed by atoms with Crippen LogP contribution in [0, 0.1) is 5.41 Å². The molecule has 3 nitrogen and oxygen atoms in total. The number of benzene rings is 2. The number of nitrogens with zero attached hydrogens (tertiary/aromatic N) is 2. The average Bonchev–Trinajstić information content (AvgIpc) is 3.17. The highest BCUT2D eigenvalue weighted by Crippen LogP contribution is 2.30. The smallest absolute Gasteiger partial charge is 0.133 e. The Morgan fingerprint density at radius 2 is 1.48 bits per heavy atom. The highest BCUT2D eigenvalue weighted by atomic mass is 15.2. The first kappa shape index (κ1) is 12.5. The summed E-state index contributed by atoms with van der Waals surface area (Å²) < 4.78 is 0. The van der Waals surface area contributed by atoms with Crippen LogP contribution in [0.1, 0.15) is 24.0 Å². The van der Waals surface area contributed by atoms with Gasteiger partial charge in [0.25, 0.3) is 0 Å². The van der Waals surface area contributed by atoms with Gasteiger partial charge in [0.05, 0.1) is 6.54 Å². The highest BCUT2D eigenvalue weighted by molar-refractivity contribution is 6.11. The van der Waals surface area contributed by atoms with Crippen LogP contribution in [0.2, 0.25) is 0 Å². The lowest BCUT2D eigenvalue weighted by Gasteiger charge is -2.21. The number of anilines is 2. The normalized spacial score (nSPS) is 17.4. The van der Waals surface area contributed by atoms with E-state index in [2.05, 4.69) is 40.1 Å². The summed E-state index contributed by atoms with van der Waals surface area (Å²) in [7, 11) is 0. The molecule has 1 saturated heterocycles. The minimum atomic E-state index is 0.611. The van der Waals surface area contributed by atoms with Crippen LogP contribution in [-0.2, 0) is 6.54 Å². The third kappa shape index (κ3) is 2.09. The Morgan fingerprint density at radius 3 is 2.19 bits per heavy atom. The van der Waals surface area contributed by atoms with Crippen LogP contribution in [-0.4, -0.2) is 18.9 Å². The summed E-state index contributed by atoms with van der Waals surface area (Å²) in [5, 5.41) is 8.36. The first-order valence-electron chi connectivity index (χ1n) is 7.62. The van der Waals surface area contributed by atoms with Crippen LogP contribution in [0.3, 0.4) is 0 Å². The number of hydrogen-bond acceptors (Lipinski definition) is 2. The van der Waals surface area contributed by atoms with Crippen LogP contribution >= 0.6 is 0 Å². The molecule has 0 unspecified atom stereocenters. The second kappa shape index (κ2) is 4.92. The van der Waals surface area contributed by atoms with E-state index in [0.717, 1.165) is 17.8 Å². The van der Waals surface area contributed by atoms with Gasteiger partial charge in [-0.05, 0) is 42.7 Å². The van der Waals surface area contributed by atoms with Crippen molar-refractivity contribution < 1.29 is 0 Å². The predicted octanol–water partition coefficient (Wildman–Crippen LogP) is 3.63. The summed E-state index contributed by atoms with van der Waals surface area (Å²) >= 11 is 0. The second-order valence-electron chi connectivity index (χ2n) is 5.80. The van der Waals surface area contributed by atoms with Gasteiger partial charge in [-0.15, -0.1) is 0 Å². The molecule has 21 heavy (non-hydrogen) atoms. The first-order valence-corrected chi connectivity index (χ1v) is 7.62. The molecule has 0 saturated carbocycles. The third-order valence-corrected chi connectivity index (χ3v) is 4.50. The van der Waals surface area contributed by atoms with Crippen molar-refractivity contribution in [2.45, 2.75) is 19.4 Å². The van der Waals surface area contributed by atoms with Gasteiger partial charge in [0.2, 0.25) is 0 Å². The van der Waals surface area contributed by atoms with Gasteiger partial charge in [-0.3, -0.25) is 5.41 Å². The molecule has 0 aromatic heterocycles. The van der Waals surface area contributed by atoms with Gasteiger partial charge in [0, 0.05) is 30.0 Å². The molecule has 2 aliphatic rings. The maximum atomic E-state index is 8.36. The fourth-order valence-corrected chi connectivity index (χ4v) is 3.32. The molecule has 4 rings (SSSR count). The van der Waals surface area contributed by atoms with Gasteiger partial charge in [0.1, 0.15) is 5.84 Å². The zero-order chi connectivity index (χ0) is 14.2. The summed E-state index contributed by atoms with van der Waals surface area (Å²) in [6.07, 6.45) is 2.60. The lowest BCUT2D eigenvalue weighted by atomic mass is 10.1. The van der Waals surface area contributed by atoms with E-state index in [9.17, 15) is 0 Å². The summed E-state index contributed by atoms with van der Waals surface area (Å²) in [6, 6.07) is 16.9. The molecule has 2 aliphatic heterocycles. The van der Waals surface area contributed by atoms with Crippen molar-refractivity contribution in [3.8, 4) is 0 Å². The van der Waals surface area contributed by atoms with Crippen molar-refractivity contribution >= 4 is 17.2 Å². The molecule has 2 aromatic carbocycles. The molecule has 0 spiro atoms. The Balaban J connectivity index is 1.59. The van der Waals surface area contributed by atoms with Crippen LogP contribution in [0.4, 0.5) is 11.4 Å². The van der Waals surface area contributed by atoms with E-state index in [-0.39, 0.29) is 0 Å². The molecule has 2 heterocycles. The van der Waals surface area contributed by atoms with E-state index in [1.807, 2.05) is 18.2 Å². The molecule has 3 heteroatoms. The van der Waals surface area contributed by atoms with Crippen LogP contribution in [0.5, 0.6) is 0 Å². The molecule has 0 bridgehead atoms. The van der Waals surface area contributed by atoms with Crippen molar-refractivity contribution in [1.29, 1.82) is 5.41 Å². The van der Waals surface area contributed by atoms with Gasteiger partial charge < -0.3 is 9.80 Å². The molecule has 0 aliphatic carbocycles. The summed E-state index contributed by atoms with van der Waals surface area (Å²) in [4.78, 5) is 4.52. The summed E-state index contributed by atoms with van der Waals surface area (Å²) in [5.74, 6) is 0.611. The summed E-state index contributed by atoms with van der Waals surface area (Å²) in [5.41, 5.74) is 4.71. The van der Waals surface area contributed by atoms with Crippen molar-refractivity contribution in [3.63, 3.8) is 0 Å². The number of amidine groups is 1. The standard InChI is InChI=1S/C18H19N3/c19-18-17-6-2-1-5-14(17)13-21(18)16-9-7-15(8-10-16)20-11-3-4-12-20/h1-2,5-10,19H,3-4,11-13H2. The van der Waals surface area contributed by atoms with Crippen molar-refractivity contribution in [1.82, 2.24) is 0 Å². The Kier molecular flexibility index (Phi) is 2.92.